The fourth-order valence-electron chi connectivity index (χ4n) is 4.01. The molecule has 2 aliphatic rings. The lowest BCUT2D eigenvalue weighted by atomic mass is 9.84. The van der Waals surface area contributed by atoms with E-state index < -0.39 is 0 Å². The zero-order chi connectivity index (χ0) is 19.3. The molecule has 0 radical (unpaired) electrons. The molecule has 27 heavy (non-hydrogen) atoms. The lowest BCUT2D eigenvalue weighted by molar-refractivity contribution is -0.195. The zero-order valence-electron chi connectivity index (χ0n) is 16.5. The Kier molecular flexibility index (Phi) is 7.01. The van der Waals surface area contributed by atoms with E-state index in [-0.39, 0.29) is 28.8 Å². The molecule has 2 fully saturated rings. The van der Waals surface area contributed by atoms with Gasteiger partial charge >= 0.3 is 0 Å². The maximum Gasteiger partial charge on any atom is 0.157 e. The van der Waals surface area contributed by atoms with Crippen molar-refractivity contribution in [2.45, 2.75) is 68.0 Å². The van der Waals surface area contributed by atoms with Gasteiger partial charge in [0.2, 0.25) is 0 Å². The fraction of sp³-hybridized carbons (Fsp3) is 0.591. The molecule has 0 N–H and O–H groups in total. The summed E-state index contributed by atoms with van der Waals surface area (Å²) in [5.41, 5.74) is 1.11. The van der Waals surface area contributed by atoms with Crippen LogP contribution < -0.4 is 0 Å². The zero-order valence-corrected chi connectivity index (χ0v) is 17.3. The fourth-order valence-corrected chi connectivity index (χ4v) is 5.39. The summed E-state index contributed by atoms with van der Waals surface area (Å²) < 4.78 is 17.1. The largest absolute Gasteiger partial charge is 0.504 e. The summed E-state index contributed by atoms with van der Waals surface area (Å²) in [4.78, 5) is 13.6. The van der Waals surface area contributed by atoms with Crippen molar-refractivity contribution in [3.05, 3.63) is 42.2 Å². The summed E-state index contributed by atoms with van der Waals surface area (Å²) in [5, 5.41) is 0. The predicted molar refractivity (Wildman–Crippen MR) is 108 cm³/mol. The number of carbonyl (C=O) groups is 1. The highest BCUT2D eigenvalue weighted by molar-refractivity contribution is 8.00. The normalized spacial score (nSPS) is 28.8. The van der Waals surface area contributed by atoms with Crippen molar-refractivity contribution >= 4 is 17.5 Å². The van der Waals surface area contributed by atoms with Crippen LogP contribution in [0.5, 0.6) is 0 Å². The van der Waals surface area contributed by atoms with Crippen LogP contribution in [-0.4, -0.2) is 36.6 Å². The average Bonchev–Trinajstić information content (AvgIpc) is 3.04. The van der Waals surface area contributed by atoms with Crippen molar-refractivity contribution in [1.29, 1.82) is 0 Å². The Morgan fingerprint density at radius 1 is 1.26 bits per heavy atom. The minimum Gasteiger partial charge on any atom is -0.504 e. The van der Waals surface area contributed by atoms with Crippen LogP contribution in [0.15, 0.2) is 47.1 Å². The topological polar surface area (TPSA) is 44.8 Å². The Morgan fingerprint density at radius 2 is 2.04 bits per heavy atom. The van der Waals surface area contributed by atoms with Crippen LogP contribution in [0, 0.1) is 5.92 Å². The van der Waals surface area contributed by atoms with E-state index in [9.17, 15) is 4.79 Å². The Balaban J connectivity index is 1.86. The summed E-state index contributed by atoms with van der Waals surface area (Å²) in [6.45, 7) is 5.03. The van der Waals surface area contributed by atoms with Crippen LogP contribution in [0.2, 0.25) is 0 Å². The molecule has 4 atom stereocenters. The lowest BCUT2D eigenvalue weighted by Gasteiger charge is -2.40. The molecule has 1 saturated carbocycles. The Hall–Kier alpha value is -1.30. The van der Waals surface area contributed by atoms with Crippen molar-refractivity contribution in [2.75, 3.05) is 13.7 Å². The number of rotatable bonds is 7. The summed E-state index contributed by atoms with van der Waals surface area (Å²) in [6.07, 6.45) is 5.61. The molecule has 1 aliphatic heterocycles. The molecule has 1 aliphatic carbocycles. The van der Waals surface area contributed by atoms with Gasteiger partial charge in [-0.3, -0.25) is 4.79 Å². The maximum atomic E-state index is 12.4. The van der Waals surface area contributed by atoms with Gasteiger partial charge in [-0.05, 0) is 50.8 Å². The number of methoxy groups -OCH3 is 1. The first-order valence-corrected chi connectivity index (χ1v) is 10.6. The van der Waals surface area contributed by atoms with E-state index in [0.29, 0.717) is 12.8 Å². The van der Waals surface area contributed by atoms with E-state index in [4.69, 9.17) is 14.2 Å². The molecule has 4 unspecified atom stereocenters. The van der Waals surface area contributed by atoms with E-state index in [2.05, 4.69) is 26.0 Å². The van der Waals surface area contributed by atoms with E-state index in [1.165, 1.54) is 4.90 Å². The maximum absolute atomic E-state index is 12.4. The number of Topliss-reactive ketones (excluding diaryl/α,β-unsaturated/α-hetero) is 1. The second-order valence-corrected chi connectivity index (χ2v) is 9.11. The number of benzene rings is 1. The van der Waals surface area contributed by atoms with Crippen molar-refractivity contribution in [3.8, 4) is 0 Å². The second kappa shape index (κ2) is 9.26. The predicted octanol–water partition coefficient (Wildman–Crippen LogP) is 4.98. The minimum atomic E-state index is -0.303. The smallest absolute Gasteiger partial charge is 0.157 e. The molecule has 3 rings (SSSR count). The second-order valence-electron chi connectivity index (χ2n) is 7.58. The van der Waals surface area contributed by atoms with Gasteiger partial charge in [0.05, 0.1) is 19.5 Å². The molecule has 1 aromatic rings. The van der Waals surface area contributed by atoms with Gasteiger partial charge in [0.15, 0.2) is 6.29 Å². The Morgan fingerprint density at radius 3 is 2.70 bits per heavy atom. The molecule has 148 valence electrons. The number of hydrogen-bond donors (Lipinski definition) is 0. The highest BCUT2D eigenvalue weighted by Gasteiger charge is 2.48. The molecule has 4 nitrogen and oxygen atoms in total. The van der Waals surface area contributed by atoms with Crippen molar-refractivity contribution < 1.29 is 19.0 Å². The third-order valence-corrected chi connectivity index (χ3v) is 7.20. The molecular weight excluding hydrogens is 360 g/mol. The van der Waals surface area contributed by atoms with Gasteiger partial charge in [0.25, 0.3) is 0 Å². The third kappa shape index (κ3) is 4.95. The third-order valence-electron chi connectivity index (χ3n) is 5.65. The number of ether oxygens (including phenoxy) is 3. The molecule has 0 aromatic heterocycles. The summed E-state index contributed by atoms with van der Waals surface area (Å²) in [7, 11) is 1.67. The molecule has 1 aromatic carbocycles. The van der Waals surface area contributed by atoms with Crippen molar-refractivity contribution in [3.63, 3.8) is 0 Å². The number of hydrogen-bond acceptors (Lipinski definition) is 5. The van der Waals surface area contributed by atoms with Crippen LogP contribution in [0.3, 0.4) is 0 Å². The van der Waals surface area contributed by atoms with Gasteiger partial charge in [-0.1, -0.05) is 18.2 Å². The molecule has 0 amide bonds. The van der Waals surface area contributed by atoms with Gasteiger partial charge in [-0.15, -0.1) is 11.8 Å². The van der Waals surface area contributed by atoms with Gasteiger partial charge < -0.3 is 14.2 Å². The SMILES string of the molecule is COC=C(C)C(C)(Sc1ccccc1)C1CC(=O)CC1OC1CCCCO1. The number of carbonyl (C=O) groups excluding carboxylic acids is 1. The van der Waals surface area contributed by atoms with Crippen molar-refractivity contribution in [2.24, 2.45) is 5.92 Å². The Labute approximate surface area is 166 Å². The number of ketones is 1. The Bertz CT molecular complexity index is 654. The van der Waals surface area contributed by atoms with Gasteiger partial charge in [0, 0.05) is 35.0 Å². The summed E-state index contributed by atoms with van der Waals surface area (Å²) >= 11 is 1.78. The minimum absolute atomic E-state index is 0.0760. The molecule has 0 spiro atoms. The quantitative estimate of drug-likeness (QED) is 0.485. The van der Waals surface area contributed by atoms with E-state index in [1.54, 1.807) is 25.1 Å². The standard InChI is InChI=1S/C22H30O4S/c1-16(15-24-3)22(2,27-18-9-5-4-6-10-18)19-13-17(23)14-20(19)26-21-11-7-8-12-25-21/h4-6,9-10,15,19-21H,7-8,11-14H2,1-3H3. The van der Waals surface area contributed by atoms with Crippen LogP contribution in [-0.2, 0) is 19.0 Å². The van der Waals surface area contributed by atoms with E-state index in [0.717, 1.165) is 31.4 Å². The molecular formula is C22H30O4S. The van der Waals surface area contributed by atoms with E-state index in [1.807, 2.05) is 18.2 Å². The molecule has 0 bridgehead atoms. The summed E-state index contributed by atoms with van der Waals surface area (Å²) in [5.74, 6) is 0.345. The molecule has 1 heterocycles. The average molecular weight is 391 g/mol. The first kappa shape index (κ1) is 20.4. The van der Waals surface area contributed by atoms with Crippen LogP contribution in [0.4, 0.5) is 0 Å². The molecule has 1 saturated heterocycles. The molecule has 5 heteroatoms. The van der Waals surface area contributed by atoms with Crippen LogP contribution in [0.25, 0.3) is 0 Å². The highest BCUT2D eigenvalue weighted by Crippen LogP contribution is 2.50. The van der Waals surface area contributed by atoms with Gasteiger partial charge in [-0.2, -0.15) is 0 Å². The number of thioether (sulfide) groups is 1. The van der Waals surface area contributed by atoms with E-state index >= 15 is 0 Å². The summed E-state index contributed by atoms with van der Waals surface area (Å²) in [6, 6.07) is 10.3. The van der Waals surface area contributed by atoms with Gasteiger partial charge in [0.1, 0.15) is 5.78 Å². The highest BCUT2D eigenvalue weighted by atomic mass is 32.2. The van der Waals surface area contributed by atoms with Crippen LogP contribution in [0.1, 0.15) is 46.0 Å². The van der Waals surface area contributed by atoms with Gasteiger partial charge in [-0.25, -0.2) is 0 Å². The van der Waals surface area contributed by atoms with Crippen LogP contribution >= 0.6 is 11.8 Å². The van der Waals surface area contributed by atoms with Crippen molar-refractivity contribution in [1.82, 2.24) is 0 Å². The first-order chi connectivity index (χ1) is 13.0. The first-order valence-electron chi connectivity index (χ1n) is 9.76. The monoisotopic (exact) mass is 390 g/mol. The lowest BCUT2D eigenvalue weighted by Crippen LogP contribution is -2.41.